The van der Waals surface area contributed by atoms with Crippen molar-refractivity contribution in [2.24, 2.45) is 0 Å². The maximum absolute atomic E-state index is 12.2. The lowest BCUT2D eigenvalue weighted by Gasteiger charge is -2.25. The van der Waals surface area contributed by atoms with Crippen molar-refractivity contribution >= 4 is 29.1 Å². The number of rotatable bonds is 7. The van der Waals surface area contributed by atoms with Crippen LogP contribution in [0.1, 0.15) is 30.4 Å². The summed E-state index contributed by atoms with van der Waals surface area (Å²) in [7, 11) is 1.57. The van der Waals surface area contributed by atoms with Crippen molar-refractivity contribution in [3.8, 4) is 0 Å². The number of hydrogen-bond acceptors (Lipinski definition) is 4. The van der Waals surface area contributed by atoms with E-state index in [1.807, 2.05) is 13.8 Å². The van der Waals surface area contributed by atoms with Crippen LogP contribution >= 0.6 is 11.3 Å². The molecule has 1 atom stereocenters. The number of nitrogens with one attached hydrogen (secondary N) is 1. The highest BCUT2D eigenvalue weighted by atomic mass is 32.1. The summed E-state index contributed by atoms with van der Waals surface area (Å²) in [5.74, 6) is -0.664. The van der Waals surface area contributed by atoms with Crippen molar-refractivity contribution in [1.82, 2.24) is 15.1 Å². The van der Waals surface area contributed by atoms with E-state index in [2.05, 4.69) is 5.32 Å². The maximum atomic E-state index is 12.2. The summed E-state index contributed by atoms with van der Waals surface area (Å²) in [5.41, 5.74) is 0. The van der Waals surface area contributed by atoms with E-state index in [1.165, 1.54) is 16.2 Å². The first-order valence-corrected chi connectivity index (χ1v) is 8.15. The van der Waals surface area contributed by atoms with Crippen LogP contribution in [0.15, 0.2) is 17.5 Å². The minimum Gasteiger partial charge on any atom is -0.342 e. The Balaban J connectivity index is 2.55. The van der Waals surface area contributed by atoms with Crippen LogP contribution in [0.25, 0.3) is 0 Å². The summed E-state index contributed by atoms with van der Waals surface area (Å²) in [6.45, 7) is 6.65. The summed E-state index contributed by atoms with van der Waals surface area (Å²) < 4.78 is 0. The van der Waals surface area contributed by atoms with E-state index in [0.717, 1.165) is 0 Å². The summed E-state index contributed by atoms with van der Waals surface area (Å²) in [4.78, 5) is 39.7. The zero-order valence-corrected chi connectivity index (χ0v) is 14.3. The number of carbonyl (C=O) groups excluding carboxylic acids is 3. The third-order valence-corrected chi connectivity index (χ3v) is 4.20. The van der Waals surface area contributed by atoms with Crippen molar-refractivity contribution in [3.63, 3.8) is 0 Å². The lowest BCUT2D eigenvalue weighted by atomic mass is 10.2. The molecule has 0 aliphatic heterocycles. The van der Waals surface area contributed by atoms with Crippen LogP contribution in [0.4, 0.5) is 0 Å². The van der Waals surface area contributed by atoms with Gasteiger partial charge in [0.25, 0.3) is 5.91 Å². The van der Waals surface area contributed by atoms with Gasteiger partial charge in [0.1, 0.15) is 6.04 Å². The van der Waals surface area contributed by atoms with E-state index >= 15 is 0 Å². The molecule has 1 aromatic heterocycles. The first-order valence-electron chi connectivity index (χ1n) is 7.27. The topological polar surface area (TPSA) is 69.7 Å². The van der Waals surface area contributed by atoms with Gasteiger partial charge in [0.15, 0.2) is 0 Å². The van der Waals surface area contributed by atoms with Gasteiger partial charge in [0.2, 0.25) is 11.8 Å². The Labute approximate surface area is 135 Å². The average molecular weight is 325 g/mol. The molecular weight excluding hydrogens is 302 g/mol. The molecule has 6 nitrogen and oxygen atoms in total. The van der Waals surface area contributed by atoms with Crippen LogP contribution in [0.3, 0.4) is 0 Å². The Hall–Kier alpha value is -1.89. The molecular formula is C15H23N3O3S. The molecule has 0 aromatic carbocycles. The second kappa shape index (κ2) is 8.53. The van der Waals surface area contributed by atoms with Crippen LogP contribution in [0.5, 0.6) is 0 Å². The van der Waals surface area contributed by atoms with Crippen molar-refractivity contribution < 1.29 is 14.4 Å². The van der Waals surface area contributed by atoms with E-state index in [4.69, 9.17) is 0 Å². The maximum Gasteiger partial charge on any atom is 0.261 e. The largest absolute Gasteiger partial charge is 0.342 e. The Morgan fingerprint density at radius 1 is 1.27 bits per heavy atom. The van der Waals surface area contributed by atoms with Crippen molar-refractivity contribution in [2.75, 3.05) is 26.7 Å². The van der Waals surface area contributed by atoms with Crippen molar-refractivity contribution in [2.45, 2.75) is 26.8 Å². The van der Waals surface area contributed by atoms with E-state index in [0.29, 0.717) is 18.0 Å². The van der Waals surface area contributed by atoms with Crippen LogP contribution in [-0.2, 0) is 9.59 Å². The van der Waals surface area contributed by atoms with Crippen LogP contribution < -0.4 is 5.32 Å². The van der Waals surface area contributed by atoms with Gasteiger partial charge in [-0.2, -0.15) is 0 Å². The Morgan fingerprint density at radius 2 is 1.91 bits per heavy atom. The number of hydrogen-bond donors (Lipinski definition) is 1. The fourth-order valence-corrected chi connectivity index (χ4v) is 2.65. The molecule has 7 heteroatoms. The molecule has 1 rings (SSSR count). The SMILES string of the molecule is CCN(CC)C(=O)CN(C)C(=O)C(C)NC(=O)c1cccs1. The zero-order chi connectivity index (χ0) is 16.7. The molecule has 1 heterocycles. The van der Waals surface area contributed by atoms with Crippen molar-refractivity contribution in [1.29, 1.82) is 0 Å². The highest BCUT2D eigenvalue weighted by Crippen LogP contribution is 2.08. The third kappa shape index (κ3) is 4.84. The Bertz CT molecular complexity index is 512. The summed E-state index contributed by atoms with van der Waals surface area (Å²) >= 11 is 1.32. The summed E-state index contributed by atoms with van der Waals surface area (Å²) in [5, 5.41) is 4.45. The molecule has 1 aromatic rings. The van der Waals surface area contributed by atoms with Crippen LogP contribution in [0, 0.1) is 0 Å². The first-order chi connectivity index (χ1) is 10.4. The van der Waals surface area contributed by atoms with Crippen LogP contribution in [0.2, 0.25) is 0 Å². The summed E-state index contributed by atoms with van der Waals surface area (Å²) in [6.07, 6.45) is 0. The van der Waals surface area contributed by atoms with Gasteiger partial charge in [0, 0.05) is 20.1 Å². The van der Waals surface area contributed by atoms with Gasteiger partial charge >= 0.3 is 0 Å². The number of nitrogens with zero attached hydrogens (tertiary/aromatic N) is 2. The predicted octanol–water partition coefficient (Wildman–Crippen LogP) is 1.19. The average Bonchev–Trinajstić information content (AvgIpc) is 3.01. The Morgan fingerprint density at radius 3 is 2.41 bits per heavy atom. The second-order valence-corrected chi connectivity index (χ2v) is 5.88. The molecule has 0 fully saturated rings. The minimum absolute atomic E-state index is 0.0136. The second-order valence-electron chi connectivity index (χ2n) is 4.93. The number of carbonyl (C=O) groups is 3. The zero-order valence-electron chi connectivity index (χ0n) is 13.5. The number of thiophene rings is 1. The molecule has 0 spiro atoms. The minimum atomic E-state index is -0.677. The molecule has 0 bridgehead atoms. The lowest BCUT2D eigenvalue weighted by Crippen LogP contribution is -2.48. The lowest BCUT2D eigenvalue weighted by molar-refractivity contribution is -0.140. The van der Waals surface area contributed by atoms with Crippen molar-refractivity contribution in [3.05, 3.63) is 22.4 Å². The Kier molecular flexibility index (Phi) is 7.04. The molecule has 3 amide bonds. The van der Waals surface area contributed by atoms with E-state index in [9.17, 15) is 14.4 Å². The van der Waals surface area contributed by atoms with Gasteiger partial charge in [-0.1, -0.05) is 6.07 Å². The normalized spacial score (nSPS) is 11.6. The van der Waals surface area contributed by atoms with Gasteiger partial charge in [-0.05, 0) is 32.2 Å². The molecule has 0 radical (unpaired) electrons. The van der Waals surface area contributed by atoms with Crippen LogP contribution in [-0.4, -0.2) is 60.2 Å². The standard InChI is InChI=1S/C15H23N3O3S/c1-5-18(6-2)13(19)10-17(4)15(21)11(3)16-14(20)12-8-7-9-22-12/h7-9,11H,5-6,10H2,1-4H3,(H,16,20). The molecule has 1 N–H and O–H groups in total. The summed E-state index contributed by atoms with van der Waals surface area (Å²) in [6, 6.07) is 2.80. The quantitative estimate of drug-likeness (QED) is 0.819. The molecule has 22 heavy (non-hydrogen) atoms. The fraction of sp³-hybridized carbons (Fsp3) is 0.533. The smallest absolute Gasteiger partial charge is 0.261 e. The molecule has 122 valence electrons. The van der Waals surface area contributed by atoms with Gasteiger partial charge in [0.05, 0.1) is 11.4 Å². The molecule has 0 saturated heterocycles. The number of likely N-dealkylation sites (N-methyl/N-ethyl adjacent to an activating group) is 2. The van der Waals surface area contributed by atoms with Gasteiger partial charge in [-0.25, -0.2) is 0 Å². The molecule has 0 aliphatic rings. The number of amides is 3. The highest BCUT2D eigenvalue weighted by molar-refractivity contribution is 7.12. The van der Waals surface area contributed by atoms with E-state index in [1.54, 1.807) is 36.4 Å². The van der Waals surface area contributed by atoms with E-state index in [-0.39, 0.29) is 24.3 Å². The molecule has 0 aliphatic carbocycles. The van der Waals surface area contributed by atoms with Gasteiger partial charge < -0.3 is 15.1 Å². The third-order valence-electron chi connectivity index (χ3n) is 3.33. The predicted molar refractivity (Wildman–Crippen MR) is 86.8 cm³/mol. The first kappa shape index (κ1) is 18.2. The highest BCUT2D eigenvalue weighted by Gasteiger charge is 2.23. The van der Waals surface area contributed by atoms with Gasteiger partial charge in [-0.15, -0.1) is 11.3 Å². The van der Waals surface area contributed by atoms with Gasteiger partial charge in [-0.3, -0.25) is 14.4 Å². The monoisotopic (exact) mass is 325 g/mol. The molecule has 1 unspecified atom stereocenters. The molecule has 0 saturated carbocycles. The van der Waals surface area contributed by atoms with E-state index < -0.39 is 6.04 Å². The fourth-order valence-electron chi connectivity index (χ4n) is 2.02.